The Morgan fingerprint density at radius 3 is 2.48 bits per heavy atom. The number of nitrogens with zero attached hydrogens (tertiary/aromatic N) is 2. The molecule has 0 radical (unpaired) electrons. The maximum atomic E-state index is 12.8. The molecule has 1 aromatic carbocycles. The van der Waals surface area contributed by atoms with Gasteiger partial charge in [-0.3, -0.25) is 9.69 Å². The third-order valence-corrected chi connectivity index (χ3v) is 4.94. The average Bonchev–Trinajstić information content (AvgIpc) is 3.41. The zero-order valence-corrected chi connectivity index (χ0v) is 14.1. The Balaban J connectivity index is 1.62. The number of amides is 1. The zero-order valence-electron chi connectivity index (χ0n) is 14.1. The molecule has 23 heavy (non-hydrogen) atoms. The van der Waals surface area contributed by atoms with E-state index in [1.54, 1.807) is 0 Å². The van der Waals surface area contributed by atoms with Crippen molar-refractivity contribution in [3.05, 3.63) is 35.9 Å². The third-order valence-electron chi connectivity index (χ3n) is 4.94. The normalized spacial score (nSPS) is 19.0. The summed E-state index contributed by atoms with van der Waals surface area (Å²) < 4.78 is 5.45. The van der Waals surface area contributed by atoms with E-state index in [2.05, 4.69) is 29.0 Å². The first kappa shape index (κ1) is 16.5. The highest BCUT2D eigenvalue weighted by molar-refractivity contribution is 5.78. The Morgan fingerprint density at radius 2 is 1.83 bits per heavy atom. The largest absolute Gasteiger partial charge is 0.381 e. The summed E-state index contributed by atoms with van der Waals surface area (Å²) in [5, 5.41) is 0. The molecular formula is C19H28N2O2. The quantitative estimate of drug-likeness (QED) is 0.775. The molecule has 2 fully saturated rings. The van der Waals surface area contributed by atoms with Crippen LogP contribution in [0.5, 0.6) is 0 Å². The van der Waals surface area contributed by atoms with Crippen LogP contribution in [0.15, 0.2) is 30.3 Å². The zero-order chi connectivity index (χ0) is 16.1. The summed E-state index contributed by atoms with van der Waals surface area (Å²) in [6, 6.07) is 10.9. The number of carbonyl (C=O) groups excluding carboxylic acids is 1. The van der Waals surface area contributed by atoms with Crippen molar-refractivity contribution in [3.8, 4) is 0 Å². The number of benzene rings is 1. The van der Waals surface area contributed by atoms with E-state index >= 15 is 0 Å². The van der Waals surface area contributed by atoms with E-state index in [-0.39, 0.29) is 5.91 Å². The van der Waals surface area contributed by atoms with Crippen molar-refractivity contribution in [2.75, 3.05) is 33.4 Å². The van der Waals surface area contributed by atoms with Crippen molar-refractivity contribution in [1.82, 2.24) is 9.80 Å². The number of ether oxygens (including phenoxy) is 1. The van der Waals surface area contributed by atoms with Crippen LogP contribution >= 0.6 is 0 Å². The van der Waals surface area contributed by atoms with Crippen molar-refractivity contribution < 1.29 is 9.53 Å². The lowest BCUT2D eigenvalue weighted by Crippen LogP contribution is -2.42. The summed E-state index contributed by atoms with van der Waals surface area (Å²) in [7, 11) is 2.07. The van der Waals surface area contributed by atoms with E-state index in [1.807, 2.05) is 18.2 Å². The molecule has 126 valence electrons. The topological polar surface area (TPSA) is 32.8 Å². The first-order valence-corrected chi connectivity index (χ1v) is 8.82. The maximum Gasteiger partial charge on any atom is 0.237 e. The van der Waals surface area contributed by atoms with Crippen LogP contribution in [0.2, 0.25) is 0 Å². The van der Waals surface area contributed by atoms with Gasteiger partial charge in [0, 0.05) is 32.3 Å². The Bertz CT molecular complexity index is 495. The van der Waals surface area contributed by atoms with Crippen molar-refractivity contribution in [3.63, 3.8) is 0 Å². The van der Waals surface area contributed by atoms with Crippen molar-refractivity contribution in [1.29, 1.82) is 0 Å². The molecule has 4 nitrogen and oxygen atoms in total. The van der Waals surface area contributed by atoms with Crippen molar-refractivity contribution >= 4 is 5.91 Å². The van der Waals surface area contributed by atoms with Gasteiger partial charge in [0.15, 0.2) is 0 Å². The lowest BCUT2D eigenvalue weighted by atomic mass is 9.99. The fourth-order valence-corrected chi connectivity index (χ4v) is 3.26. The maximum absolute atomic E-state index is 12.8. The molecule has 2 aliphatic rings. The number of hydrogen-bond donors (Lipinski definition) is 0. The van der Waals surface area contributed by atoms with E-state index in [0.29, 0.717) is 18.5 Å². The third kappa shape index (κ3) is 5.05. The lowest BCUT2D eigenvalue weighted by molar-refractivity contribution is -0.134. The summed E-state index contributed by atoms with van der Waals surface area (Å²) in [4.78, 5) is 17.1. The molecule has 1 aromatic rings. The van der Waals surface area contributed by atoms with Crippen LogP contribution in [-0.4, -0.2) is 55.1 Å². The fourth-order valence-electron chi connectivity index (χ4n) is 3.26. The van der Waals surface area contributed by atoms with Gasteiger partial charge in [0.2, 0.25) is 5.91 Å². The fraction of sp³-hybridized carbons (Fsp3) is 0.632. The van der Waals surface area contributed by atoms with E-state index in [4.69, 9.17) is 4.74 Å². The molecule has 1 aliphatic carbocycles. The van der Waals surface area contributed by atoms with Crippen LogP contribution in [0, 0.1) is 5.92 Å². The van der Waals surface area contributed by atoms with Gasteiger partial charge in [-0.05, 0) is 44.2 Å². The summed E-state index contributed by atoms with van der Waals surface area (Å²) in [6.45, 7) is 3.78. The molecule has 0 bridgehead atoms. The van der Waals surface area contributed by atoms with Gasteiger partial charge < -0.3 is 9.64 Å². The highest BCUT2D eigenvalue weighted by Crippen LogP contribution is 2.25. The minimum atomic E-state index is 0.259. The van der Waals surface area contributed by atoms with Crippen LogP contribution in [0.1, 0.15) is 31.2 Å². The molecule has 1 aliphatic heterocycles. The molecule has 1 amide bonds. The second-order valence-electron chi connectivity index (χ2n) is 6.96. The number of rotatable bonds is 7. The van der Waals surface area contributed by atoms with Crippen LogP contribution in [-0.2, 0) is 16.1 Å². The lowest BCUT2D eigenvalue weighted by Gasteiger charge is -2.31. The van der Waals surface area contributed by atoms with Crippen LogP contribution in [0.4, 0.5) is 0 Å². The monoisotopic (exact) mass is 316 g/mol. The predicted octanol–water partition coefficient (Wildman–Crippen LogP) is 2.54. The Morgan fingerprint density at radius 1 is 1.13 bits per heavy atom. The van der Waals surface area contributed by atoms with Crippen molar-refractivity contribution in [2.24, 2.45) is 5.92 Å². The first-order chi connectivity index (χ1) is 11.2. The Labute approximate surface area is 139 Å². The minimum absolute atomic E-state index is 0.259. The van der Waals surface area contributed by atoms with Gasteiger partial charge in [-0.2, -0.15) is 0 Å². The molecule has 3 rings (SSSR count). The Hall–Kier alpha value is -1.39. The summed E-state index contributed by atoms with van der Waals surface area (Å²) >= 11 is 0. The molecular weight excluding hydrogens is 288 g/mol. The second kappa shape index (κ2) is 7.93. The van der Waals surface area contributed by atoms with Crippen LogP contribution in [0.3, 0.4) is 0 Å². The van der Waals surface area contributed by atoms with Crippen LogP contribution in [0.25, 0.3) is 0 Å². The smallest absolute Gasteiger partial charge is 0.237 e. The van der Waals surface area contributed by atoms with Crippen molar-refractivity contribution in [2.45, 2.75) is 38.3 Å². The molecule has 1 saturated heterocycles. The summed E-state index contributed by atoms with van der Waals surface area (Å²) in [6.07, 6.45) is 4.61. The van der Waals surface area contributed by atoms with Gasteiger partial charge in [0.25, 0.3) is 0 Å². The first-order valence-electron chi connectivity index (χ1n) is 8.82. The molecule has 0 aromatic heterocycles. The van der Waals surface area contributed by atoms with Gasteiger partial charge in [-0.15, -0.1) is 0 Å². The summed E-state index contributed by atoms with van der Waals surface area (Å²) in [5.41, 5.74) is 1.21. The van der Waals surface area contributed by atoms with Gasteiger partial charge in [-0.25, -0.2) is 0 Å². The van der Waals surface area contributed by atoms with E-state index < -0.39 is 0 Å². The second-order valence-corrected chi connectivity index (χ2v) is 6.96. The molecule has 0 N–H and O–H groups in total. The molecule has 4 heteroatoms. The minimum Gasteiger partial charge on any atom is -0.381 e. The number of carbonyl (C=O) groups is 1. The van der Waals surface area contributed by atoms with Gasteiger partial charge >= 0.3 is 0 Å². The van der Waals surface area contributed by atoms with Gasteiger partial charge in [0.1, 0.15) is 0 Å². The SMILES string of the molecule is CN(CC(=O)N(Cc1ccccc1)CC1CCOCC1)C1CC1. The molecule has 0 unspecified atom stereocenters. The van der Waals surface area contributed by atoms with Crippen LogP contribution < -0.4 is 0 Å². The number of hydrogen-bond acceptors (Lipinski definition) is 3. The summed E-state index contributed by atoms with van der Waals surface area (Å²) in [5.74, 6) is 0.831. The van der Waals surface area contributed by atoms with E-state index in [9.17, 15) is 4.79 Å². The van der Waals surface area contributed by atoms with E-state index in [0.717, 1.165) is 39.1 Å². The standard InChI is InChI=1S/C19H28N2O2/c1-20(18-7-8-18)15-19(22)21(13-16-5-3-2-4-6-16)14-17-9-11-23-12-10-17/h2-6,17-18H,7-15H2,1H3. The number of likely N-dealkylation sites (N-methyl/N-ethyl adjacent to an activating group) is 1. The molecule has 0 atom stereocenters. The molecule has 1 heterocycles. The van der Waals surface area contributed by atoms with Gasteiger partial charge in [-0.1, -0.05) is 30.3 Å². The highest BCUT2D eigenvalue weighted by atomic mass is 16.5. The highest BCUT2D eigenvalue weighted by Gasteiger charge is 2.29. The van der Waals surface area contributed by atoms with Gasteiger partial charge in [0.05, 0.1) is 6.54 Å². The molecule has 1 saturated carbocycles. The molecule has 0 spiro atoms. The predicted molar refractivity (Wildman–Crippen MR) is 91.1 cm³/mol. The Kier molecular flexibility index (Phi) is 5.68. The average molecular weight is 316 g/mol. The van der Waals surface area contributed by atoms with E-state index in [1.165, 1.54) is 18.4 Å².